The van der Waals surface area contributed by atoms with Gasteiger partial charge in [0.1, 0.15) is 0 Å². The van der Waals surface area contributed by atoms with Crippen molar-refractivity contribution in [3.63, 3.8) is 0 Å². The third-order valence-corrected chi connectivity index (χ3v) is 4.61. The fourth-order valence-corrected chi connectivity index (χ4v) is 3.22. The van der Waals surface area contributed by atoms with Crippen LogP contribution in [0.5, 0.6) is 0 Å². The van der Waals surface area contributed by atoms with E-state index >= 15 is 0 Å². The van der Waals surface area contributed by atoms with Crippen molar-refractivity contribution in [1.82, 2.24) is 4.90 Å². The molecule has 0 heterocycles. The molecule has 2 amide bonds. The minimum atomic E-state index is -0.529. The first kappa shape index (κ1) is 16.3. The fourth-order valence-electron chi connectivity index (χ4n) is 3.00. The number of carbonyl (C=O) groups excluding carboxylic acids is 1. The van der Waals surface area contributed by atoms with Gasteiger partial charge in [0.25, 0.3) is 5.69 Å². The van der Waals surface area contributed by atoms with Gasteiger partial charge in [-0.3, -0.25) is 10.1 Å². The molecule has 6 nitrogen and oxygen atoms in total. The van der Waals surface area contributed by atoms with Gasteiger partial charge in [-0.15, -0.1) is 0 Å². The number of fused-ring (bicyclic) bond motifs is 1. The molecule has 0 fully saturated rings. The average molecular weight is 346 g/mol. The molecule has 7 heteroatoms. The summed E-state index contributed by atoms with van der Waals surface area (Å²) in [6, 6.07) is 11.8. The second kappa shape index (κ2) is 6.49. The van der Waals surface area contributed by atoms with Gasteiger partial charge in [0.05, 0.1) is 21.7 Å². The summed E-state index contributed by atoms with van der Waals surface area (Å²) in [6.45, 7) is 0. The Morgan fingerprint density at radius 1 is 1.33 bits per heavy atom. The highest BCUT2D eigenvalue weighted by Gasteiger charge is 2.28. The Kier molecular flexibility index (Phi) is 4.40. The number of nitrogens with zero attached hydrogens (tertiary/aromatic N) is 2. The number of nitrogens with one attached hydrogen (secondary N) is 1. The second-order valence-electron chi connectivity index (χ2n) is 5.72. The molecule has 124 valence electrons. The molecular weight excluding hydrogens is 330 g/mol. The predicted molar refractivity (Wildman–Crippen MR) is 92.4 cm³/mol. The minimum Gasteiger partial charge on any atom is -0.321 e. The fraction of sp³-hybridized carbons (Fsp3) is 0.235. The minimum absolute atomic E-state index is 0.0121. The van der Waals surface area contributed by atoms with Gasteiger partial charge in [-0.05, 0) is 30.0 Å². The van der Waals surface area contributed by atoms with E-state index in [4.69, 9.17) is 11.6 Å². The van der Waals surface area contributed by atoms with Crippen molar-refractivity contribution in [2.24, 2.45) is 0 Å². The zero-order valence-corrected chi connectivity index (χ0v) is 13.8. The Labute approximate surface area is 144 Å². The first-order chi connectivity index (χ1) is 11.5. The van der Waals surface area contributed by atoms with Gasteiger partial charge in [0, 0.05) is 19.2 Å². The van der Waals surface area contributed by atoms with Crippen LogP contribution in [0.15, 0.2) is 42.5 Å². The van der Waals surface area contributed by atoms with Crippen molar-refractivity contribution in [3.05, 3.63) is 68.7 Å². The predicted octanol–water partition coefficient (Wildman–Crippen LogP) is 4.40. The molecule has 2 aromatic carbocycles. The highest BCUT2D eigenvalue weighted by Crippen LogP contribution is 2.35. The average Bonchev–Trinajstić information content (AvgIpc) is 2.99. The summed E-state index contributed by atoms with van der Waals surface area (Å²) in [7, 11) is 1.74. The van der Waals surface area contributed by atoms with Crippen LogP contribution in [-0.2, 0) is 6.42 Å². The Balaban J connectivity index is 1.75. The van der Waals surface area contributed by atoms with Gasteiger partial charge >= 0.3 is 6.03 Å². The van der Waals surface area contributed by atoms with Crippen molar-refractivity contribution in [2.75, 3.05) is 12.4 Å². The van der Waals surface area contributed by atoms with E-state index in [1.807, 2.05) is 18.2 Å². The third kappa shape index (κ3) is 3.05. The van der Waals surface area contributed by atoms with Gasteiger partial charge in [-0.2, -0.15) is 0 Å². The summed E-state index contributed by atoms with van der Waals surface area (Å²) in [4.78, 5) is 24.4. The second-order valence-corrected chi connectivity index (χ2v) is 6.12. The number of amides is 2. The van der Waals surface area contributed by atoms with E-state index in [9.17, 15) is 14.9 Å². The summed E-state index contributed by atoms with van der Waals surface area (Å²) in [5, 5.41) is 13.6. The lowest BCUT2D eigenvalue weighted by Crippen LogP contribution is -2.34. The molecule has 0 bridgehead atoms. The Bertz CT molecular complexity index is 809. The van der Waals surface area contributed by atoms with Gasteiger partial charge in [-0.1, -0.05) is 35.9 Å². The van der Waals surface area contributed by atoms with Crippen molar-refractivity contribution in [1.29, 1.82) is 0 Å². The summed E-state index contributed by atoms with van der Waals surface area (Å²) in [6.07, 6.45) is 1.81. The van der Waals surface area contributed by atoms with E-state index in [-0.39, 0.29) is 22.8 Å². The molecule has 3 rings (SSSR count). The van der Waals surface area contributed by atoms with Crippen LogP contribution in [0.25, 0.3) is 0 Å². The molecule has 1 aliphatic rings. The molecule has 24 heavy (non-hydrogen) atoms. The van der Waals surface area contributed by atoms with E-state index in [0.717, 1.165) is 18.4 Å². The maximum absolute atomic E-state index is 12.5. The normalized spacial score (nSPS) is 15.7. The number of non-ortho nitro benzene ring substituents is 1. The van der Waals surface area contributed by atoms with E-state index in [2.05, 4.69) is 11.4 Å². The number of nitro benzene ring substituents is 1. The molecule has 0 aromatic heterocycles. The van der Waals surface area contributed by atoms with Gasteiger partial charge in [0.2, 0.25) is 0 Å². The maximum atomic E-state index is 12.5. The number of urea groups is 1. The molecule has 0 spiro atoms. The Morgan fingerprint density at radius 3 is 2.79 bits per heavy atom. The van der Waals surface area contributed by atoms with Crippen LogP contribution in [0.1, 0.15) is 23.6 Å². The first-order valence-corrected chi connectivity index (χ1v) is 7.90. The van der Waals surface area contributed by atoms with E-state index in [0.29, 0.717) is 5.69 Å². The number of benzene rings is 2. The molecule has 1 atom stereocenters. The molecule has 0 unspecified atom stereocenters. The number of rotatable bonds is 3. The molecule has 0 aliphatic heterocycles. The number of aryl methyl sites for hydroxylation is 1. The van der Waals surface area contributed by atoms with Crippen molar-refractivity contribution in [2.45, 2.75) is 18.9 Å². The first-order valence-electron chi connectivity index (χ1n) is 7.53. The molecule has 2 aromatic rings. The van der Waals surface area contributed by atoms with Crippen LogP contribution in [0.2, 0.25) is 5.02 Å². The number of halogens is 1. The lowest BCUT2D eigenvalue weighted by atomic mass is 10.1. The monoisotopic (exact) mass is 345 g/mol. The van der Waals surface area contributed by atoms with Gasteiger partial charge in [0.15, 0.2) is 0 Å². The summed E-state index contributed by atoms with van der Waals surface area (Å²) in [5.41, 5.74) is 2.65. The van der Waals surface area contributed by atoms with Gasteiger partial charge in [-0.25, -0.2) is 4.79 Å². The van der Waals surface area contributed by atoms with Crippen LogP contribution in [0, 0.1) is 10.1 Å². The summed E-state index contributed by atoms with van der Waals surface area (Å²) >= 11 is 6.03. The number of carbonyl (C=O) groups is 1. The number of hydrogen-bond donors (Lipinski definition) is 1. The van der Waals surface area contributed by atoms with Gasteiger partial charge < -0.3 is 10.2 Å². The van der Waals surface area contributed by atoms with Crippen LogP contribution in [0.3, 0.4) is 0 Å². The van der Waals surface area contributed by atoms with Crippen LogP contribution >= 0.6 is 11.6 Å². The lowest BCUT2D eigenvalue weighted by Gasteiger charge is -2.26. The smallest absolute Gasteiger partial charge is 0.321 e. The summed E-state index contributed by atoms with van der Waals surface area (Å²) in [5.74, 6) is 0. The number of hydrogen-bond acceptors (Lipinski definition) is 3. The van der Waals surface area contributed by atoms with Crippen molar-refractivity contribution < 1.29 is 9.72 Å². The zero-order valence-electron chi connectivity index (χ0n) is 13.0. The molecule has 0 saturated carbocycles. The van der Waals surface area contributed by atoms with Crippen LogP contribution in [0.4, 0.5) is 16.2 Å². The number of nitro groups is 1. The highest BCUT2D eigenvalue weighted by molar-refractivity contribution is 6.33. The lowest BCUT2D eigenvalue weighted by molar-refractivity contribution is -0.384. The number of anilines is 1. The topological polar surface area (TPSA) is 75.5 Å². The molecule has 0 radical (unpaired) electrons. The SMILES string of the molecule is CN(C(=O)Nc1ccc([N+](=O)[O-])cc1Cl)[C@H]1CCc2ccccc21. The van der Waals surface area contributed by atoms with E-state index < -0.39 is 4.92 Å². The largest absolute Gasteiger partial charge is 0.322 e. The van der Waals surface area contributed by atoms with E-state index in [1.54, 1.807) is 11.9 Å². The van der Waals surface area contributed by atoms with E-state index in [1.165, 1.54) is 23.8 Å². The summed E-state index contributed by atoms with van der Waals surface area (Å²) < 4.78 is 0. The zero-order chi connectivity index (χ0) is 17.3. The highest BCUT2D eigenvalue weighted by atomic mass is 35.5. The maximum Gasteiger partial charge on any atom is 0.322 e. The van der Waals surface area contributed by atoms with Crippen molar-refractivity contribution in [3.8, 4) is 0 Å². The molecule has 1 aliphatic carbocycles. The molecule has 1 N–H and O–H groups in total. The van der Waals surface area contributed by atoms with Crippen LogP contribution in [-0.4, -0.2) is 22.9 Å². The third-order valence-electron chi connectivity index (χ3n) is 4.29. The van der Waals surface area contributed by atoms with Crippen LogP contribution < -0.4 is 5.32 Å². The quantitative estimate of drug-likeness (QED) is 0.661. The Morgan fingerprint density at radius 2 is 2.08 bits per heavy atom. The molecular formula is C17H16ClN3O3. The van der Waals surface area contributed by atoms with Crippen molar-refractivity contribution >= 4 is 29.0 Å². The standard InChI is InChI=1S/C17H16ClN3O3/c1-20(16-9-6-11-4-2-3-5-13(11)16)17(22)19-15-8-7-12(21(23)24)10-14(15)18/h2-5,7-8,10,16H,6,9H2,1H3,(H,19,22)/t16-/m0/s1. The molecule has 0 saturated heterocycles. The Hall–Kier alpha value is -2.60.